The molecule has 0 spiro atoms. The van der Waals surface area contributed by atoms with Gasteiger partial charge < -0.3 is 10.5 Å². The Labute approximate surface area is 79.7 Å². The van der Waals surface area contributed by atoms with Gasteiger partial charge in [0, 0.05) is 17.7 Å². The third-order valence-electron chi connectivity index (χ3n) is 1.23. The summed E-state index contributed by atoms with van der Waals surface area (Å²) in [5.74, 6) is 0.00153. The first-order chi connectivity index (χ1) is 5.98. The summed E-state index contributed by atoms with van der Waals surface area (Å²) in [5, 5.41) is 1.07. The number of sulfone groups is 1. The van der Waals surface area contributed by atoms with Crippen LogP contribution in [0, 0.1) is 0 Å². The van der Waals surface area contributed by atoms with Gasteiger partial charge >= 0.3 is 0 Å². The SMILES string of the molecule is CCCOCCS(=O)(=O)/C=C(\C)N. The highest BCUT2D eigenvalue weighted by molar-refractivity contribution is 7.94. The summed E-state index contributed by atoms with van der Waals surface area (Å²) in [6, 6.07) is 0. The van der Waals surface area contributed by atoms with Crippen LogP contribution >= 0.6 is 0 Å². The molecule has 0 aliphatic rings. The van der Waals surface area contributed by atoms with Gasteiger partial charge in [0.15, 0.2) is 9.84 Å². The minimum atomic E-state index is -3.17. The van der Waals surface area contributed by atoms with Crippen LogP contribution in [0.4, 0.5) is 0 Å². The predicted molar refractivity (Wildman–Crippen MR) is 52.8 cm³/mol. The number of allylic oxidation sites excluding steroid dienone is 1. The quantitative estimate of drug-likeness (QED) is 0.649. The molecule has 0 heterocycles. The maximum Gasteiger partial charge on any atom is 0.175 e. The van der Waals surface area contributed by atoms with Crippen LogP contribution in [0.25, 0.3) is 0 Å². The molecule has 0 aromatic heterocycles. The number of hydrogen-bond donors (Lipinski definition) is 1. The van der Waals surface area contributed by atoms with Gasteiger partial charge in [0.2, 0.25) is 0 Å². The fraction of sp³-hybridized carbons (Fsp3) is 0.750. The molecule has 0 bridgehead atoms. The van der Waals surface area contributed by atoms with Gasteiger partial charge in [0.1, 0.15) is 0 Å². The largest absolute Gasteiger partial charge is 0.402 e. The standard InChI is InChI=1S/C8H17NO3S/c1-3-4-12-5-6-13(10,11)7-8(2)9/h7H,3-6,9H2,1-2H3/b8-7+. The van der Waals surface area contributed by atoms with E-state index in [9.17, 15) is 8.42 Å². The smallest absolute Gasteiger partial charge is 0.175 e. The number of hydrogen-bond acceptors (Lipinski definition) is 4. The molecule has 2 N–H and O–H groups in total. The van der Waals surface area contributed by atoms with E-state index in [4.69, 9.17) is 10.5 Å². The van der Waals surface area contributed by atoms with Crippen LogP contribution in [0.1, 0.15) is 20.3 Å². The Morgan fingerprint density at radius 3 is 2.54 bits per heavy atom. The van der Waals surface area contributed by atoms with Crippen LogP contribution < -0.4 is 5.73 Å². The zero-order valence-corrected chi connectivity index (χ0v) is 8.93. The molecule has 0 fully saturated rings. The molecule has 5 heteroatoms. The van der Waals surface area contributed by atoms with E-state index in [0.29, 0.717) is 12.3 Å². The Morgan fingerprint density at radius 1 is 1.46 bits per heavy atom. The molecule has 13 heavy (non-hydrogen) atoms. The topological polar surface area (TPSA) is 69.4 Å². The summed E-state index contributed by atoms with van der Waals surface area (Å²) in [6.07, 6.45) is 0.895. The molecule has 0 aromatic rings. The molecule has 0 saturated heterocycles. The highest BCUT2D eigenvalue weighted by Crippen LogP contribution is 1.95. The average molecular weight is 207 g/mol. The van der Waals surface area contributed by atoms with Gasteiger partial charge in [-0.3, -0.25) is 0 Å². The van der Waals surface area contributed by atoms with E-state index in [0.717, 1.165) is 11.8 Å². The van der Waals surface area contributed by atoms with Crippen molar-refractivity contribution >= 4 is 9.84 Å². The van der Waals surface area contributed by atoms with Gasteiger partial charge in [-0.25, -0.2) is 8.42 Å². The lowest BCUT2D eigenvalue weighted by molar-refractivity contribution is 0.150. The molecule has 0 atom stereocenters. The van der Waals surface area contributed by atoms with Crippen LogP contribution in [0.3, 0.4) is 0 Å². The Kier molecular flexibility index (Phi) is 5.73. The maximum atomic E-state index is 11.2. The number of nitrogens with two attached hydrogens (primary N) is 1. The molecule has 0 amide bonds. The third-order valence-corrected chi connectivity index (χ3v) is 2.69. The summed E-state index contributed by atoms with van der Waals surface area (Å²) in [4.78, 5) is 0. The van der Waals surface area contributed by atoms with Crippen LogP contribution in [0.5, 0.6) is 0 Å². The van der Waals surface area contributed by atoms with Crippen molar-refractivity contribution in [3.05, 3.63) is 11.1 Å². The lowest BCUT2D eigenvalue weighted by atomic mass is 10.5. The second-order valence-electron chi connectivity index (χ2n) is 2.84. The van der Waals surface area contributed by atoms with Gasteiger partial charge in [-0.05, 0) is 13.3 Å². The molecule has 0 rings (SSSR count). The van der Waals surface area contributed by atoms with Crippen molar-refractivity contribution in [2.75, 3.05) is 19.0 Å². The Bertz CT molecular complexity index is 253. The van der Waals surface area contributed by atoms with Crippen LogP contribution in [-0.2, 0) is 14.6 Å². The molecule has 0 aromatic carbocycles. The predicted octanol–water partition coefficient (Wildman–Crippen LogP) is 0.648. The zero-order valence-electron chi connectivity index (χ0n) is 8.12. The first kappa shape index (κ1) is 12.4. The lowest BCUT2D eigenvalue weighted by Gasteiger charge is -2.01. The normalized spacial score (nSPS) is 13.2. The average Bonchev–Trinajstić information content (AvgIpc) is 1.95. The van der Waals surface area contributed by atoms with Gasteiger partial charge in [0.05, 0.1) is 12.4 Å². The van der Waals surface area contributed by atoms with E-state index in [1.54, 1.807) is 6.92 Å². The Morgan fingerprint density at radius 2 is 2.08 bits per heavy atom. The van der Waals surface area contributed by atoms with E-state index < -0.39 is 9.84 Å². The van der Waals surface area contributed by atoms with Crippen LogP contribution in [-0.4, -0.2) is 27.4 Å². The first-order valence-corrected chi connectivity index (χ1v) is 5.93. The highest BCUT2D eigenvalue weighted by Gasteiger charge is 2.06. The molecule has 0 aliphatic heterocycles. The van der Waals surface area contributed by atoms with Crippen LogP contribution in [0.15, 0.2) is 11.1 Å². The summed E-state index contributed by atoms with van der Waals surface area (Å²) >= 11 is 0. The Hall–Kier alpha value is -0.550. The number of ether oxygens (including phenoxy) is 1. The molecular formula is C8H17NO3S. The first-order valence-electron chi connectivity index (χ1n) is 4.22. The maximum absolute atomic E-state index is 11.2. The summed E-state index contributed by atoms with van der Waals surface area (Å²) in [5.41, 5.74) is 5.55. The van der Waals surface area contributed by atoms with E-state index in [2.05, 4.69) is 0 Å². The molecule has 0 aliphatic carbocycles. The molecule has 0 unspecified atom stereocenters. The molecular weight excluding hydrogens is 190 g/mol. The molecule has 0 radical (unpaired) electrons. The lowest BCUT2D eigenvalue weighted by Crippen LogP contribution is -2.11. The van der Waals surface area contributed by atoms with Gasteiger partial charge in [-0.1, -0.05) is 6.92 Å². The second-order valence-corrected chi connectivity index (χ2v) is 4.81. The summed E-state index contributed by atoms with van der Waals surface area (Å²) in [7, 11) is -3.17. The monoisotopic (exact) mass is 207 g/mol. The fourth-order valence-corrected chi connectivity index (χ4v) is 1.80. The van der Waals surface area contributed by atoms with E-state index >= 15 is 0 Å². The second kappa shape index (κ2) is 5.99. The van der Waals surface area contributed by atoms with Gasteiger partial charge in [-0.15, -0.1) is 0 Å². The van der Waals surface area contributed by atoms with E-state index in [1.165, 1.54) is 0 Å². The summed E-state index contributed by atoms with van der Waals surface area (Å²) < 4.78 is 27.4. The van der Waals surface area contributed by atoms with Crippen molar-refractivity contribution < 1.29 is 13.2 Å². The van der Waals surface area contributed by atoms with E-state index in [1.807, 2.05) is 6.92 Å². The highest BCUT2D eigenvalue weighted by atomic mass is 32.2. The molecule has 0 saturated carbocycles. The minimum Gasteiger partial charge on any atom is -0.402 e. The van der Waals surface area contributed by atoms with E-state index in [-0.39, 0.29) is 12.4 Å². The fourth-order valence-electron chi connectivity index (χ4n) is 0.764. The molecule has 78 valence electrons. The molecule has 4 nitrogen and oxygen atoms in total. The van der Waals surface area contributed by atoms with Gasteiger partial charge in [0.25, 0.3) is 0 Å². The van der Waals surface area contributed by atoms with Crippen molar-refractivity contribution in [3.63, 3.8) is 0 Å². The van der Waals surface area contributed by atoms with Crippen molar-refractivity contribution in [1.29, 1.82) is 0 Å². The third kappa shape index (κ3) is 7.80. The Balaban J connectivity index is 3.85. The van der Waals surface area contributed by atoms with Crippen molar-refractivity contribution in [2.24, 2.45) is 5.73 Å². The van der Waals surface area contributed by atoms with Crippen molar-refractivity contribution in [1.82, 2.24) is 0 Å². The van der Waals surface area contributed by atoms with Crippen molar-refractivity contribution in [3.8, 4) is 0 Å². The van der Waals surface area contributed by atoms with Crippen molar-refractivity contribution in [2.45, 2.75) is 20.3 Å². The van der Waals surface area contributed by atoms with Gasteiger partial charge in [-0.2, -0.15) is 0 Å². The minimum absolute atomic E-state index is 0.00153. The van der Waals surface area contributed by atoms with Crippen LogP contribution in [0.2, 0.25) is 0 Å². The number of rotatable bonds is 6. The summed E-state index contributed by atoms with van der Waals surface area (Å²) in [6.45, 7) is 4.35. The zero-order chi connectivity index (χ0) is 10.3.